The quantitative estimate of drug-likeness (QED) is 0.488. The average Bonchev–Trinajstić information content (AvgIpc) is 2.61. The van der Waals surface area contributed by atoms with Crippen molar-refractivity contribution < 1.29 is 13.2 Å². The van der Waals surface area contributed by atoms with Crippen LogP contribution in [0.5, 0.6) is 0 Å². The van der Waals surface area contributed by atoms with Crippen molar-refractivity contribution in [1.82, 2.24) is 0 Å². The van der Waals surface area contributed by atoms with E-state index in [9.17, 15) is 13.2 Å². The van der Waals surface area contributed by atoms with Gasteiger partial charge in [-0.05, 0) is 48.2 Å². The second kappa shape index (κ2) is 9.33. The first-order chi connectivity index (χ1) is 12.2. The van der Waals surface area contributed by atoms with E-state index in [0.717, 1.165) is 23.7 Å². The third kappa shape index (κ3) is 5.53. The van der Waals surface area contributed by atoms with Crippen LogP contribution in [0.2, 0.25) is 5.02 Å². The lowest BCUT2D eigenvalue weighted by Gasteiger charge is -2.20. The molecule has 2 aromatic carbocycles. The number of anilines is 1. The topological polar surface area (TPSA) is 41.6 Å². The Morgan fingerprint density at radius 3 is 2.30 bits per heavy atom. The molecule has 2 aromatic rings. The van der Waals surface area contributed by atoms with E-state index in [1.807, 2.05) is 31.2 Å². The van der Waals surface area contributed by atoms with Crippen LogP contribution in [0.4, 0.5) is 24.5 Å². The van der Waals surface area contributed by atoms with Crippen LogP contribution in [0.25, 0.3) is 0 Å². The summed E-state index contributed by atoms with van der Waals surface area (Å²) in [5.41, 5.74) is 7.54. The SMILES string of the molecule is CCc1cccc(N(C)C(N)=Nc2cc(CC)cc(C(F)(F)F)c2Cl)c1.Cl. The highest BCUT2D eigenvalue weighted by Gasteiger charge is 2.34. The number of nitrogens with zero attached hydrogens (tertiary/aromatic N) is 2. The van der Waals surface area contributed by atoms with Crippen LogP contribution in [0.1, 0.15) is 30.5 Å². The Kier molecular flexibility index (Phi) is 7.99. The van der Waals surface area contributed by atoms with E-state index in [2.05, 4.69) is 4.99 Å². The summed E-state index contributed by atoms with van der Waals surface area (Å²) in [6.45, 7) is 3.80. The zero-order chi connectivity index (χ0) is 19.5. The fraction of sp³-hybridized carbons (Fsp3) is 0.316. The number of hydrogen-bond donors (Lipinski definition) is 1. The largest absolute Gasteiger partial charge is 0.417 e. The standard InChI is InChI=1S/C19H21ClF3N3.ClH/c1-4-12-7-6-8-14(9-12)26(3)18(24)25-16-11-13(5-2)10-15(17(16)20)19(21,22)23;/h6-11H,4-5H2,1-3H3,(H2,24,25);1H. The van der Waals surface area contributed by atoms with E-state index in [1.54, 1.807) is 18.9 Å². The molecular formula is C19H22Cl2F3N3. The van der Waals surface area contributed by atoms with Crippen molar-refractivity contribution >= 4 is 41.3 Å². The highest BCUT2D eigenvalue weighted by molar-refractivity contribution is 6.34. The first kappa shape index (κ1) is 23.1. The molecule has 0 aliphatic carbocycles. The summed E-state index contributed by atoms with van der Waals surface area (Å²) in [4.78, 5) is 5.77. The number of aryl methyl sites for hydroxylation is 2. The molecule has 2 N–H and O–H groups in total. The van der Waals surface area contributed by atoms with Gasteiger partial charge in [-0.15, -0.1) is 12.4 Å². The van der Waals surface area contributed by atoms with Crippen LogP contribution in [0.3, 0.4) is 0 Å². The van der Waals surface area contributed by atoms with Gasteiger partial charge < -0.3 is 10.6 Å². The van der Waals surface area contributed by atoms with E-state index in [0.29, 0.717) is 12.0 Å². The smallest absolute Gasteiger partial charge is 0.369 e. The summed E-state index contributed by atoms with van der Waals surface area (Å²) in [5.74, 6) is 0.0570. The zero-order valence-electron chi connectivity index (χ0n) is 15.3. The molecule has 148 valence electrons. The highest BCUT2D eigenvalue weighted by Crippen LogP contribution is 2.40. The minimum absolute atomic E-state index is 0. The minimum atomic E-state index is -4.55. The van der Waals surface area contributed by atoms with Crippen molar-refractivity contribution in [2.45, 2.75) is 32.9 Å². The van der Waals surface area contributed by atoms with Crippen LogP contribution in [0, 0.1) is 0 Å². The molecule has 0 bridgehead atoms. The first-order valence-electron chi connectivity index (χ1n) is 8.23. The van der Waals surface area contributed by atoms with Crippen molar-refractivity contribution in [1.29, 1.82) is 0 Å². The number of benzene rings is 2. The number of alkyl halides is 3. The molecule has 0 saturated heterocycles. The molecule has 3 nitrogen and oxygen atoms in total. The molecule has 0 radical (unpaired) electrons. The Bertz CT molecular complexity index is 820. The number of halogens is 5. The van der Waals surface area contributed by atoms with Crippen molar-refractivity contribution in [3.05, 3.63) is 58.1 Å². The van der Waals surface area contributed by atoms with Crippen LogP contribution in [-0.4, -0.2) is 13.0 Å². The summed E-state index contributed by atoms with van der Waals surface area (Å²) < 4.78 is 39.6. The van der Waals surface area contributed by atoms with Crippen molar-refractivity contribution in [3.8, 4) is 0 Å². The third-order valence-electron chi connectivity index (χ3n) is 4.11. The monoisotopic (exact) mass is 419 g/mol. The van der Waals surface area contributed by atoms with Gasteiger partial charge in [0.25, 0.3) is 0 Å². The Morgan fingerprint density at radius 2 is 1.74 bits per heavy atom. The van der Waals surface area contributed by atoms with Gasteiger partial charge in [0.15, 0.2) is 0 Å². The predicted molar refractivity (Wildman–Crippen MR) is 109 cm³/mol. The Hall–Kier alpha value is -1.92. The third-order valence-corrected chi connectivity index (χ3v) is 4.51. The summed E-state index contributed by atoms with van der Waals surface area (Å²) in [7, 11) is 1.70. The second-order valence-corrected chi connectivity index (χ2v) is 6.26. The average molecular weight is 420 g/mol. The lowest BCUT2D eigenvalue weighted by atomic mass is 10.1. The maximum atomic E-state index is 13.2. The van der Waals surface area contributed by atoms with Gasteiger partial charge >= 0.3 is 6.18 Å². The molecule has 27 heavy (non-hydrogen) atoms. The maximum absolute atomic E-state index is 13.2. The van der Waals surface area contributed by atoms with E-state index in [1.165, 1.54) is 6.07 Å². The van der Waals surface area contributed by atoms with Gasteiger partial charge in [0.2, 0.25) is 5.96 Å². The van der Waals surface area contributed by atoms with Crippen LogP contribution in [-0.2, 0) is 19.0 Å². The van der Waals surface area contributed by atoms with Gasteiger partial charge in [-0.25, -0.2) is 4.99 Å². The molecule has 0 aromatic heterocycles. The Balaban J connectivity index is 0.00000364. The Labute approximate surface area is 168 Å². The molecule has 0 fully saturated rings. The molecule has 0 saturated carbocycles. The summed E-state index contributed by atoms with van der Waals surface area (Å²) >= 11 is 5.96. The van der Waals surface area contributed by atoms with Gasteiger partial charge in [-0.1, -0.05) is 37.6 Å². The highest BCUT2D eigenvalue weighted by atomic mass is 35.5. The normalized spacial score (nSPS) is 11.9. The van der Waals surface area contributed by atoms with E-state index in [-0.39, 0.29) is 24.1 Å². The lowest BCUT2D eigenvalue weighted by molar-refractivity contribution is -0.137. The minimum Gasteiger partial charge on any atom is -0.369 e. The van der Waals surface area contributed by atoms with Gasteiger partial charge in [-0.3, -0.25) is 0 Å². The van der Waals surface area contributed by atoms with Crippen LogP contribution < -0.4 is 10.6 Å². The van der Waals surface area contributed by atoms with Gasteiger partial charge in [0.05, 0.1) is 16.3 Å². The van der Waals surface area contributed by atoms with Crippen molar-refractivity contribution in [3.63, 3.8) is 0 Å². The summed E-state index contributed by atoms with van der Waals surface area (Å²) in [6.07, 6.45) is -3.27. The van der Waals surface area contributed by atoms with Crippen LogP contribution in [0.15, 0.2) is 41.4 Å². The molecule has 0 amide bonds. The lowest BCUT2D eigenvalue weighted by Crippen LogP contribution is -2.33. The second-order valence-electron chi connectivity index (χ2n) is 5.88. The molecule has 0 aliphatic heterocycles. The molecule has 8 heteroatoms. The predicted octanol–water partition coefficient (Wildman–Crippen LogP) is 5.99. The molecule has 0 atom stereocenters. The van der Waals surface area contributed by atoms with Crippen LogP contribution >= 0.6 is 24.0 Å². The zero-order valence-corrected chi connectivity index (χ0v) is 16.8. The van der Waals surface area contributed by atoms with Gasteiger partial charge in [-0.2, -0.15) is 13.2 Å². The first-order valence-corrected chi connectivity index (χ1v) is 8.61. The maximum Gasteiger partial charge on any atom is 0.417 e. The van der Waals surface area contributed by atoms with Crippen molar-refractivity contribution in [2.75, 3.05) is 11.9 Å². The molecule has 0 spiro atoms. The fourth-order valence-corrected chi connectivity index (χ4v) is 2.73. The van der Waals surface area contributed by atoms with E-state index >= 15 is 0 Å². The number of guanidine groups is 1. The molecular weight excluding hydrogens is 398 g/mol. The van der Waals surface area contributed by atoms with Gasteiger partial charge in [0, 0.05) is 12.7 Å². The molecule has 0 unspecified atom stereocenters. The van der Waals surface area contributed by atoms with E-state index < -0.39 is 16.8 Å². The molecule has 0 aliphatic rings. The summed E-state index contributed by atoms with van der Waals surface area (Å²) in [6, 6.07) is 10.3. The molecule has 0 heterocycles. The number of hydrogen-bond acceptors (Lipinski definition) is 1. The Morgan fingerprint density at radius 1 is 1.11 bits per heavy atom. The number of aliphatic imine (C=N–C) groups is 1. The number of nitrogens with two attached hydrogens (primary N) is 1. The number of rotatable bonds is 4. The fourth-order valence-electron chi connectivity index (χ4n) is 2.47. The van der Waals surface area contributed by atoms with Crippen molar-refractivity contribution in [2.24, 2.45) is 10.7 Å². The molecule has 2 rings (SSSR count). The van der Waals surface area contributed by atoms with Gasteiger partial charge in [0.1, 0.15) is 0 Å². The van der Waals surface area contributed by atoms with E-state index in [4.69, 9.17) is 17.3 Å². The summed E-state index contributed by atoms with van der Waals surface area (Å²) in [5, 5.41) is -0.451.